The van der Waals surface area contributed by atoms with E-state index in [0.29, 0.717) is 19.6 Å². The van der Waals surface area contributed by atoms with Crippen molar-refractivity contribution in [2.45, 2.75) is 32.6 Å². The number of nitrogens with zero attached hydrogens (tertiary/aromatic N) is 4. The van der Waals surface area contributed by atoms with Crippen LogP contribution >= 0.6 is 0 Å². The summed E-state index contributed by atoms with van der Waals surface area (Å²) < 4.78 is 5.69. The second-order valence-corrected chi connectivity index (χ2v) is 7.10. The highest BCUT2D eigenvalue weighted by atomic mass is 16.5. The first-order valence-electron chi connectivity index (χ1n) is 9.08. The topological polar surface area (TPSA) is 60.9 Å². The Morgan fingerprint density at radius 1 is 1.24 bits per heavy atom. The normalized spacial score (nSPS) is 25.1. The molecule has 2 amide bonds. The molecular formula is C18H29N5O2. The number of likely N-dealkylation sites (N-methyl/N-ethyl adjacent to an activating group) is 1. The Morgan fingerprint density at radius 2 is 1.92 bits per heavy atom. The van der Waals surface area contributed by atoms with Gasteiger partial charge < -0.3 is 24.8 Å². The molecule has 2 saturated heterocycles. The van der Waals surface area contributed by atoms with Gasteiger partial charge in [-0.2, -0.15) is 0 Å². The summed E-state index contributed by atoms with van der Waals surface area (Å²) in [6.07, 6.45) is 1.98. The number of hydrogen-bond acceptors (Lipinski definition) is 5. The van der Waals surface area contributed by atoms with E-state index in [1.165, 1.54) is 0 Å². The van der Waals surface area contributed by atoms with Gasteiger partial charge in [-0.05, 0) is 27.0 Å². The van der Waals surface area contributed by atoms with Crippen LogP contribution in [0.2, 0.25) is 0 Å². The minimum Gasteiger partial charge on any atom is -0.372 e. The fourth-order valence-corrected chi connectivity index (χ4v) is 3.50. The first-order valence-corrected chi connectivity index (χ1v) is 9.08. The Kier molecular flexibility index (Phi) is 5.75. The number of piperazine rings is 1. The van der Waals surface area contributed by atoms with Crippen molar-refractivity contribution in [3.05, 3.63) is 23.9 Å². The van der Waals surface area contributed by atoms with Gasteiger partial charge in [0.25, 0.3) is 0 Å². The van der Waals surface area contributed by atoms with E-state index in [1.807, 2.05) is 37.1 Å². The van der Waals surface area contributed by atoms with Crippen LogP contribution in [0.5, 0.6) is 0 Å². The lowest BCUT2D eigenvalue weighted by atomic mass is 10.2. The third-order valence-corrected chi connectivity index (χ3v) is 4.81. The maximum Gasteiger partial charge on any atom is 0.317 e. The van der Waals surface area contributed by atoms with E-state index in [-0.39, 0.29) is 18.2 Å². The van der Waals surface area contributed by atoms with Crippen molar-refractivity contribution < 1.29 is 9.53 Å². The second kappa shape index (κ2) is 8.01. The van der Waals surface area contributed by atoms with Gasteiger partial charge in [0.05, 0.1) is 12.2 Å². The molecular weight excluding hydrogens is 318 g/mol. The molecule has 2 aliphatic rings. The molecule has 1 aromatic rings. The summed E-state index contributed by atoms with van der Waals surface area (Å²) in [4.78, 5) is 23.5. The molecule has 1 aromatic heterocycles. The SMILES string of the molecule is C[C@@H]1CN(C(=O)NCc2cccnc2N2CCN(C)CC2)C[C@@H](C)O1. The highest BCUT2D eigenvalue weighted by molar-refractivity contribution is 5.74. The lowest BCUT2D eigenvalue weighted by Gasteiger charge is -2.36. The number of pyridine rings is 1. The fraction of sp³-hybridized carbons (Fsp3) is 0.667. The minimum absolute atomic E-state index is 0.0322. The first kappa shape index (κ1) is 17.9. The Bertz CT molecular complexity index is 579. The molecule has 0 aliphatic carbocycles. The molecule has 138 valence electrons. The number of carbonyl (C=O) groups excluding carboxylic acids is 1. The minimum atomic E-state index is -0.0322. The summed E-state index contributed by atoms with van der Waals surface area (Å²) in [6, 6.07) is 3.95. The average Bonchev–Trinajstić information content (AvgIpc) is 2.60. The zero-order chi connectivity index (χ0) is 17.8. The van der Waals surface area contributed by atoms with Gasteiger partial charge >= 0.3 is 6.03 Å². The van der Waals surface area contributed by atoms with E-state index in [1.54, 1.807) is 0 Å². The summed E-state index contributed by atoms with van der Waals surface area (Å²) >= 11 is 0. The van der Waals surface area contributed by atoms with Crippen LogP contribution < -0.4 is 10.2 Å². The summed E-state index contributed by atoms with van der Waals surface area (Å²) in [5.74, 6) is 0.986. The van der Waals surface area contributed by atoms with Crippen molar-refractivity contribution in [1.29, 1.82) is 0 Å². The number of nitrogens with one attached hydrogen (secondary N) is 1. The maximum absolute atomic E-state index is 12.5. The number of hydrogen-bond donors (Lipinski definition) is 1. The summed E-state index contributed by atoms with van der Waals surface area (Å²) in [7, 11) is 2.14. The van der Waals surface area contributed by atoms with Crippen molar-refractivity contribution in [1.82, 2.24) is 20.1 Å². The van der Waals surface area contributed by atoms with Crippen LogP contribution in [0.3, 0.4) is 0 Å². The monoisotopic (exact) mass is 347 g/mol. The number of rotatable bonds is 3. The highest BCUT2D eigenvalue weighted by Gasteiger charge is 2.26. The van der Waals surface area contributed by atoms with Crippen LogP contribution in [0.4, 0.5) is 10.6 Å². The van der Waals surface area contributed by atoms with Crippen LogP contribution in [-0.4, -0.2) is 79.3 Å². The van der Waals surface area contributed by atoms with Gasteiger partial charge in [-0.15, -0.1) is 0 Å². The van der Waals surface area contributed by atoms with E-state index in [0.717, 1.165) is 37.6 Å². The number of anilines is 1. The molecule has 25 heavy (non-hydrogen) atoms. The van der Waals surface area contributed by atoms with Gasteiger partial charge in [-0.1, -0.05) is 6.07 Å². The lowest BCUT2D eigenvalue weighted by Crippen LogP contribution is -2.51. The molecule has 7 nitrogen and oxygen atoms in total. The molecule has 0 saturated carbocycles. The van der Waals surface area contributed by atoms with Gasteiger partial charge in [0.1, 0.15) is 5.82 Å². The van der Waals surface area contributed by atoms with Gasteiger partial charge in [-0.3, -0.25) is 0 Å². The number of amides is 2. The van der Waals surface area contributed by atoms with Gasteiger partial charge in [0.2, 0.25) is 0 Å². The van der Waals surface area contributed by atoms with E-state index in [2.05, 4.69) is 27.1 Å². The van der Waals surface area contributed by atoms with E-state index in [4.69, 9.17) is 4.74 Å². The Labute approximate surface area is 149 Å². The smallest absolute Gasteiger partial charge is 0.317 e. The zero-order valence-electron chi connectivity index (χ0n) is 15.4. The largest absolute Gasteiger partial charge is 0.372 e. The number of ether oxygens (including phenoxy) is 1. The van der Waals surface area contributed by atoms with Crippen LogP contribution in [0.25, 0.3) is 0 Å². The average molecular weight is 347 g/mol. The molecule has 0 unspecified atom stereocenters. The Hall–Kier alpha value is -1.86. The number of urea groups is 1. The van der Waals surface area contributed by atoms with Crippen molar-refractivity contribution >= 4 is 11.8 Å². The summed E-state index contributed by atoms with van der Waals surface area (Å²) in [5, 5.41) is 3.05. The van der Waals surface area contributed by atoms with Crippen LogP contribution in [0.1, 0.15) is 19.4 Å². The first-order chi connectivity index (χ1) is 12.0. The predicted molar refractivity (Wildman–Crippen MR) is 97.8 cm³/mol. The quantitative estimate of drug-likeness (QED) is 0.889. The zero-order valence-corrected chi connectivity index (χ0v) is 15.4. The summed E-state index contributed by atoms with van der Waals surface area (Å²) in [5.41, 5.74) is 1.06. The van der Waals surface area contributed by atoms with Crippen molar-refractivity contribution in [3.63, 3.8) is 0 Å². The molecule has 7 heteroatoms. The lowest BCUT2D eigenvalue weighted by molar-refractivity contribution is -0.0545. The van der Waals surface area contributed by atoms with E-state index < -0.39 is 0 Å². The van der Waals surface area contributed by atoms with Crippen molar-refractivity contribution in [2.75, 3.05) is 51.2 Å². The standard InChI is InChI=1S/C18H29N5O2/c1-14-12-23(13-15(2)25-14)18(24)20-11-16-5-4-6-19-17(16)22-9-7-21(3)8-10-22/h4-6,14-15H,7-13H2,1-3H3,(H,20,24)/t14-,15-/m1/s1. The predicted octanol–water partition coefficient (Wildman–Crippen LogP) is 1.15. The number of carbonyl (C=O) groups is 1. The van der Waals surface area contributed by atoms with Crippen molar-refractivity contribution in [3.8, 4) is 0 Å². The van der Waals surface area contributed by atoms with Crippen LogP contribution in [-0.2, 0) is 11.3 Å². The molecule has 0 radical (unpaired) electrons. The highest BCUT2D eigenvalue weighted by Crippen LogP contribution is 2.19. The molecule has 3 heterocycles. The molecule has 0 aromatic carbocycles. The van der Waals surface area contributed by atoms with Crippen molar-refractivity contribution in [2.24, 2.45) is 0 Å². The van der Waals surface area contributed by atoms with Crippen LogP contribution in [0, 0.1) is 0 Å². The Balaban J connectivity index is 1.60. The number of morpholine rings is 1. The fourth-order valence-electron chi connectivity index (χ4n) is 3.50. The molecule has 2 aliphatic heterocycles. The molecule has 1 N–H and O–H groups in total. The molecule has 2 fully saturated rings. The summed E-state index contributed by atoms with van der Waals surface area (Å²) in [6.45, 7) is 9.76. The maximum atomic E-state index is 12.5. The molecule has 0 bridgehead atoms. The van der Waals surface area contributed by atoms with Crippen LogP contribution in [0.15, 0.2) is 18.3 Å². The third-order valence-electron chi connectivity index (χ3n) is 4.81. The number of aromatic nitrogens is 1. The van der Waals surface area contributed by atoms with E-state index >= 15 is 0 Å². The van der Waals surface area contributed by atoms with Gasteiger partial charge in [0.15, 0.2) is 0 Å². The molecule has 3 rings (SSSR count). The molecule has 2 atom stereocenters. The Morgan fingerprint density at radius 3 is 2.60 bits per heavy atom. The second-order valence-electron chi connectivity index (χ2n) is 7.10. The molecule has 0 spiro atoms. The van der Waals surface area contributed by atoms with E-state index in [9.17, 15) is 4.79 Å². The third kappa shape index (κ3) is 4.61. The van der Waals surface area contributed by atoms with Gasteiger partial charge in [0, 0.05) is 57.6 Å². The van der Waals surface area contributed by atoms with Gasteiger partial charge in [-0.25, -0.2) is 9.78 Å².